The quantitative estimate of drug-likeness (QED) is 0.218. The van der Waals surface area contributed by atoms with Crippen LogP contribution in [0.4, 0.5) is 0 Å². The van der Waals surface area contributed by atoms with E-state index in [0.717, 1.165) is 6.42 Å². The Morgan fingerprint density at radius 1 is 1.04 bits per heavy atom. The van der Waals surface area contributed by atoms with Gasteiger partial charge in [0.15, 0.2) is 0 Å². The number of nitrogens with two attached hydrogens (primary N) is 1. The maximum atomic E-state index is 12.0. The largest absolute Gasteiger partial charge is 0.368 e. The highest BCUT2D eigenvalue weighted by molar-refractivity contribution is 6.39. The molecule has 0 aliphatic heterocycles. The SMILES string of the molecule is CCCCCCCCC(CCCCCC)CC1C(Cl)=CC=CC1(Cl)C(N)=O. The van der Waals surface area contributed by atoms with E-state index in [9.17, 15) is 4.79 Å². The van der Waals surface area contributed by atoms with Crippen LogP contribution < -0.4 is 5.73 Å². The first-order chi connectivity index (χ1) is 13.0. The van der Waals surface area contributed by atoms with Crippen molar-refractivity contribution in [2.24, 2.45) is 17.6 Å². The molecule has 0 spiro atoms. The van der Waals surface area contributed by atoms with Gasteiger partial charge in [-0.1, -0.05) is 115 Å². The number of rotatable bonds is 15. The van der Waals surface area contributed by atoms with Crippen LogP contribution in [0.15, 0.2) is 23.3 Å². The molecular weight excluding hydrogens is 377 g/mol. The number of alkyl halides is 1. The van der Waals surface area contributed by atoms with Crippen LogP contribution in [-0.2, 0) is 4.79 Å². The summed E-state index contributed by atoms with van der Waals surface area (Å²) in [4.78, 5) is 10.8. The molecule has 0 saturated heterocycles. The summed E-state index contributed by atoms with van der Waals surface area (Å²) in [6, 6.07) is 0. The maximum Gasteiger partial charge on any atom is 0.243 e. The molecule has 27 heavy (non-hydrogen) atoms. The fourth-order valence-corrected chi connectivity index (χ4v) is 4.71. The van der Waals surface area contributed by atoms with Gasteiger partial charge in [-0.05, 0) is 18.4 Å². The van der Waals surface area contributed by atoms with Gasteiger partial charge in [-0.15, -0.1) is 11.6 Å². The van der Waals surface area contributed by atoms with Crippen LogP contribution in [0, 0.1) is 11.8 Å². The molecule has 0 heterocycles. The minimum absolute atomic E-state index is 0.209. The second-order valence-corrected chi connectivity index (χ2v) is 9.16. The summed E-state index contributed by atoms with van der Waals surface area (Å²) >= 11 is 13.1. The number of carbonyl (C=O) groups is 1. The first kappa shape index (κ1) is 24.6. The molecule has 1 aliphatic carbocycles. The van der Waals surface area contributed by atoms with Crippen LogP contribution in [0.5, 0.6) is 0 Å². The van der Waals surface area contributed by atoms with Crippen molar-refractivity contribution < 1.29 is 4.79 Å². The third-order valence-corrected chi connectivity index (χ3v) is 6.78. The summed E-state index contributed by atoms with van der Waals surface area (Å²) in [6.07, 6.45) is 21.4. The molecule has 0 aromatic rings. The monoisotopic (exact) mass is 415 g/mol. The summed E-state index contributed by atoms with van der Waals surface area (Å²) in [7, 11) is 0. The molecule has 0 fully saturated rings. The molecule has 1 aliphatic rings. The van der Waals surface area contributed by atoms with Gasteiger partial charge in [0.1, 0.15) is 4.87 Å². The molecule has 0 aromatic carbocycles. The van der Waals surface area contributed by atoms with Gasteiger partial charge in [0, 0.05) is 11.0 Å². The predicted octanol–water partition coefficient (Wildman–Crippen LogP) is 7.49. The number of amides is 1. The van der Waals surface area contributed by atoms with E-state index in [4.69, 9.17) is 28.9 Å². The van der Waals surface area contributed by atoms with Gasteiger partial charge in [0.05, 0.1) is 0 Å². The summed E-state index contributed by atoms with van der Waals surface area (Å²) in [6.45, 7) is 4.49. The number of allylic oxidation sites excluding steroid dienone is 3. The molecule has 0 bridgehead atoms. The van der Waals surface area contributed by atoms with Crippen LogP contribution in [0.3, 0.4) is 0 Å². The summed E-state index contributed by atoms with van der Waals surface area (Å²) in [5.74, 6) is -0.162. The lowest BCUT2D eigenvalue weighted by molar-refractivity contribution is -0.120. The normalized spacial score (nSPS) is 23.3. The third kappa shape index (κ3) is 8.60. The van der Waals surface area contributed by atoms with E-state index in [0.29, 0.717) is 11.0 Å². The van der Waals surface area contributed by atoms with Crippen molar-refractivity contribution in [3.63, 3.8) is 0 Å². The number of primary amides is 1. The van der Waals surface area contributed by atoms with E-state index >= 15 is 0 Å². The van der Waals surface area contributed by atoms with Crippen molar-refractivity contribution in [3.8, 4) is 0 Å². The zero-order chi connectivity index (χ0) is 20.1. The molecule has 2 nitrogen and oxygen atoms in total. The van der Waals surface area contributed by atoms with Crippen LogP contribution >= 0.6 is 23.2 Å². The van der Waals surface area contributed by atoms with Crippen LogP contribution in [0.25, 0.3) is 0 Å². The molecule has 3 unspecified atom stereocenters. The standard InChI is InChI=1S/C23H39Cl2NO/c1-3-5-7-9-10-12-15-19(14-11-8-6-4-2)18-20-21(24)16-13-17-23(20,25)22(26)27/h13,16-17,19-20H,3-12,14-15,18H2,1-2H3,(H2,26,27). The van der Waals surface area contributed by atoms with Gasteiger partial charge >= 0.3 is 0 Å². The van der Waals surface area contributed by atoms with E-state index in [2.05, 4.69) is 13.8 Å². The molecule has 2 N–H and O–H groups in total. The Morgan fingerprint density at radius 3 is 2.11 bits per heavy atom. The molecule has 0 aromatic heterocycles. The summed E-state index contributed by atoms with van der Waals surface area (Å²) < 4.78 is 0. The van der Waals surface area contributed by atoms with Gasteiger partial charge in [0.25, 0.3) is 0 Å². The van der Waals surface area contributed by atoms with Crippen LogP contribution in [-0.4, -0.2) is 10.8 Å². The van der Waals surface area contributed by atoms with E-state index in [1.165, 1.54) is 77.0 Å². The Hall–Kier alpha value is -0.470. The first-order valence-electron chi connectivity index (χ1n) is 11.0. The lowest BCUT2D eigenvalue weighted by Crippen LogP contribution is -2.45. The Morgan fingerprint density at radius 2 is 1.56 bits per heavy atom. The lowest BCUT2D eigenvalue weighted by atomic mass is 9.77. The van der Waals surface area contributed by atoms with Gasteiger partial charge < -0.3 is 5.73 Å². The van der Waals surface area contributed by atoms with E-state index in [1.807, 2.05) is 6.08 Å². The van der Waals surface area contributed by atoms with Crippen molar-refractivity contribution in [1.82, 2.24) is 0 Å². The van der Waals surface area contributed by atoms with Crippen molar-refractivity contribution in [1.29, 1.82) is 0 Å². The fraction of sp³-hybridized carbons (Fsp3) is 0.783. The Labute approximate surface area is 176 Å². The molecule has 156 valence electrons. The summed E-state index contributed by atoms with van der Waals surface area (Å²) in [5, 5.41) is 0.660. The Bertz CT molecular complexity index is 489. The van der Waals surface area contributed by atoms with Crippen molar-refractivity contribution >= 4 is 29.1 Å². The maximum absolute atomic E-state index is 12.0. The van der Waals surface area contributed by atoms with Gasteiger partial charge in [-0.2, -0.15) is 0 Å². The Kier molecular flexibility index (Phi) is 12.4. The molecule has 1 rings (SSSR count). The average Bonchev–Trinajstić information content (AvgIpc) is 2.64. The van der Waals surface area contributed by atoms with Crippen LogP contribution in [0.2, 0.25) is 0 Å². The molecule has 4 heteroatoms. The van der Waals surface area contributed by atoms with Crippen molar-refractivity contribution in [3.05, 3.63) is 23.3 Å². The van der Waals surface area contributed by atoms with Crippen molar-refractivity contribution in [2.75, 3.05) is 0 Å². The highest BCUT2D eigenvalue weighted by Crippen LogP contribution is 2.43. The molecular formula is C23H39Cl2NO. The second kappa shape index (κ2) is 13.7. The highest BCUT2D eigenvalue weighted by atomic mass is 35.5. The molecule has 0 radical (unpaired) electrons. The predicted molar refractivity (Wildman–Crippen MR) is 119 cm³/mol. The Balaban J connectivity index is 2.65. The fourth-order valence-electron chi connectivity index (χ4n) is 4.04. The number of halogens is 2. The number of unbranched alkanes of at least 4 members (excludes halogenated alkanes) is 8. The second-order valence-electron chi connectivity index (χ2n) is 8.10. The van der Waals surface area contributed by atoms with Gasteiger partial charge in [-0.3, -0.25) is 4.79 Å². The number of hydrogen-bond donors (Lipinski definition) is 1. The molecule has 3 atom stereocenters. The zero-order valence-corrected chi connectivity index (χ0v) is 18.8. The third-order valence-electron chi connectivity index (χ3n) is 5.81. The minimum Gasteiger partial charge on any atom is -0.368 e. The molecule has 0 saturated carbocycles. The van der Waals surface area contributed by atoms with E-state index in [1.54, 1.807) is 12.2 Å². The molecule has 1 amide bonds. The lowest BCUT2D eigenvalue weighted by Gasteiger charge is -2.34. The van der Waals surface area contributed by atoms with E-state index in [-0.39, 0.29) is 5.92 Å². The number of carbonyl (C=O) groups excluding carboxylic acids is 1. The minimum atomic E-state index is -1.19. The van der Waals surface area contributed by atoms with Gasteiger partial charge in [0.2, 0.25) is 5.91 Å². The first-order valence-corrected chi connectivity index (χ1v) is 11.7. The van der Waals surface area contributed by atoms with Crippen molar-refractivity contribution in [2.45, 2.75) is 102 Å². The topological polar surface area (TPSA) is 43.1 Å². The number of hydrogen-bond acceptors (Lipinski definition) is 1. The van der Waals surface area contributed by atoms with E-state index < -0.39 is 10.8 Å². The summed E-state index contributed by atoms with van der Waals surface area (Å²) in [5.41, 5.74) is 5.63. The highest BCUT2D eigenvalue weighted by Gasteiger charge is 2.44. The van der Waals surface area contributed by atoms with Crippen LogP contribution in [0.1, 0.15) is 97.3 Å². The average molecular weight is 416 g/mol. The van der Waals surface area contributed by atoms with Gasteiger partial charge in [-0.25, -0.2) is 0 Å². The zero-order valence-electron chi connectivity index (χ0n) is 17.3. The smallest absolute Gasteiger partial charge is 0.243 e.